The standard InChI is InChI=1S/C26H24N2O5S/c1-31-19-9-6-17(7-10-19)24-15-26(30)28(20-4-2-3-5-23(20)34-24)16-25(29)27-18-8-11-21-22(14-18)33-13-12-32-21/h2-11,14,24H,12-13,15-16H2,1H3,(H,27,29)/t24-/m0/s1. The van der Waals surface area contributed by atoms with Gasteiger partial charge in [0.05, 0.1) is 12.8 Å². The molecule has 5 rings (SSSR count). The van der Waals surface area contributed by atoms with Crippen molar-refractivity contribution in [2.75, 3.05) is 37.1 Å². The largest absolute Gasteiger partial charge is 0.497 e. The van der Waals surface area contributed by atoms with Crippen molar-refractivity contribution < 1.29 is 23.8 Å². The monoisotopic (exact) mass is 476 g/mol. The molecule has 0 aliphatic carbocycles. The highest BCUT2D eigenvalue weighted by molar-refractivity contribution is 7.99. The van der Waals surface area contributed by atoms with Gasteiger partial charge in [-0.25, -0.2) is 0 Å². The molecule has 2 aliphatic rings. The van der Waals surface area contributed by atoms with Crippen LogP contribution in [0.15, 0.2) is 71.6 Å². The fourth-order valence-electron chi connectivity index (χ4n) is 4.02. The highest BCUT2D eigenvalue weighted by atomic mass is 32.2. The fourth-order valence-corrected chi connectivity index (χ4v) is 5.30. The van der Waals surface area contributed by atoms with Crippen molar-refractivity contribution in [2.24, 2.45) is 0 Å². The molecular formula is C26H24N2O5S. The maximum absolute atomic E-state index is 13.3. The van der Waals surface area contributed by atoms with Crippen LogP contribution in [0.4, 0.5) is 11.4 Å². The Labute approximate surface area is 202 Å². The summed E-state index contributed by atoms with van der Waals surface area (Å²) in [4.78, 5) is 28.8. The fraction of sp³-hybridized carbons (Fsp3) is 0.231. The van der Waals surface area contributed by atoms with E-state index < -0.39 is 0 Å². The highest BCUT2D eigenvalue weighted by Crippen LogP contribution is 2.45. The zero-order chi connectivity index (χ0) is 23.5. The molecule has 2 aliphatic heterocycles. The van der Waals surface area contributed by atoms with E-state index in [1.165, 1.54) is 0 Å². The second-order valence-corrected chi connectivity index (χ2v) is 9.18. The van der Waals surface area contributed by atoms with E-state index in [1.807, 2.05) is 48.5 Å². The summed E-state index contributed by atoms with van der Waals surface area (Å²) >= 11 is 1.63. The van der Waals surface area contributed by atoms with Crippen LogP contribution in [0.5, 0.6) is 17.2 Å². The molecule has 0 bridgehead atoms. The van der Waals surface area contributed by atoms with Gasteiger partial charge in [-0.2, -0.15) is 0 Å². The molecule has 34 heavy (non-hydrogen) atoms. The zero-order valence-corrected chi connectivity index (χ0v) is 19.5. The average Bonchev–Trinajstić information content (AvgIpc) is 3.00. The number of methoxy groups -OCH3 is 1. The van der Waals surface area contributed by atoms with Crippen LogP contribution in [-0.2, 0) is 9.59 Å². The molecule has 0 saturated heterocycles. The summed E-state index contributed by atoms with van der Waals surface area (Å²) in [5.41, 5.74) is 2.37. The van der Waals surface area contributed by atoms with Crippen molar-refractivity contribution in [1.29, 1.82) is 0 Å². The number of benzene rings is 3. The van der Waals surface area contributed by atoms with Gasteiger partial charge in [0.1, 0.15) is 25.5 Å². The van der Waals surface area contributed by atoms with Crippen LogP contribution in [0.25, 0.3) is 0 Å². The molecule has 0 aromatic heterocycles. The van der Waals surface area contributed by atoms with E-state index >= 15 is 0 Å². The molecule has 7 nitrogen and oxygen atoms in total. The minimum Gasteiger partial charge on any atom is -0.497 e. The van der Waals surface area contributed by atoms with E-state index in [4.69, 9.17) is 14.2 Å². The number of hydrogen-bond acceptors (Lipinski definition) is 6. The first kappa shape index (κ1) is 22.2. The van der Waals surface area contributed by atoms with E-state index in [0.717, 1.165) is 21.9 Å². The average molecular weight is 477 g/mol. The van der Waals surface area contributed by atoms with Crippen molar-refractivity contribution in [2.45, 2.75) is 16.6 Å². The third kappa shape index (κ3) is 4.68. The van der Waals surface area contributed by atoms with Gasteiger partial charge < -0.3 is 24.4 Å². The van der Waals surface area contributed by atoms with Gasteiger partial charge in [0.2, 0.25) is 11.8 Å². The number of rotatable bonds is 5. The van der Waals surface area contributed by atoms with Gasteiger partial charge >= 0.3 is 0 Å². The van der Waals surface area contributed by atoms with Crippen molar-refractivity contribution in [3.8, 4) is 17.2 Å². The molecule has 174 valence electrons. The maximum Gasteiger partial charge on any atom is 0.244 e. The van der Waals surface area contributed by atoms with Gasteiger partial charge in [0.15, 0.2) is 11.5 Å². The van der Waals surface area contributed by atoms with Crippen LogP contribution in [0.2, 0.25) is 0 Å². The molecule has 1 atom stereocenters. The summed E-state index contributed by atoms with van der Waals surface area (Å²) in [7, 11) is 1.63. The number of ether oxygens (including phenoxy) is 3. The molecule has 3 aromatic rings. The number of carbonyl (C=O) groups excluding carboxylic acids is 2. The predicted molar refractivity (Wildman–Crippen MR) is 131 cm³/mol. The van der Waals surface area contributed by atoms with Gasteiger partial charge in [0.25, 0.3) is 0 Å². The number of amides is 2. The van der Waals surface area contributed by atoms with Crippen LogP contribution >= 0.6 is 11.8 Å². The first-order valence-electron chi connectivity index (χ1n) is 11.0. The van der Waals surface area contributed by atoms with Crippen LogP contribution in [0.1, 0.15) is 17.2 Å². The van der Waals surface area contributed by atoms with E-state index in [9.17, 15) is 9.59 Å². The number of nitrogens with one attached hydrogen (secondary N) is 1. The molecule has 0 saturated carbocycles. The van der Waals surface area contributed by atoms with Gasteiger partial charge in [0, 0.05) is 28.3 Å². The number of anilines is 2. The smallest absolute Gasteiger partial charge is 0.244 e. The summed E-state index contributed by atoms with van der Waals surface area (Å²) in [6.07, 6.45) is 0.281. The lowest BCUT2D eigenvalue weighted by Crippen LogP contribution is -2.38. The number of nitrogens with zero attached hydrogens (tertiary/aromatic N) is 1. The molecule has 8 heteroatoms. The van der Waals surface area contributed by atoms with Crippen LogP contribution < -0.4 is 24.4 Å². The summed E-state index contributed by atoms with van der Waals surface area (Å²) in [5, 5.41) is 2.81. The highest BCUT2D eigenvalue weighted by Gasteiger charge is 2.30. The first-order valence-corrected chi connectivity index (χ1v) is 11.9. The molecule has 0 radical (unpaired) electrons. The van der Waals surface area contributed by atoms with Crippen molar-refractivity contribution in [1.82, 2.24) is 0 Å². The minimum atomic E-state index is -0.285. The Balaban J connectivity index is 1.35. The second kappa shape index (κ2) is 9.69. The second-order valence-electron chi connectivity index (χ2n) is 7.94. The van der Waals surface area contributed by atoms with Crippen molar-refractivity contribution in [3.63, 3.8) is 0 Å². The van der Waals surface area contributed by atoms with Crippen LogP contribution in [0, 0.1) is 0 Å². The predicted octanol–water partition coefficient (Wildman–Crippen LogP) is 4.68. The third-order valence-corrected chi connectivity index (χ3v) is 7.02. The van der Waals surface area contributed by atoms with Gasteiger partial charge in [-0.3, -0.25) is 9.59 Å². The zero-order valence-electron chi connectivity index (χ0n) is 18.7. The number of carbonyl (C=O) groups is 2. The molecule has 0 fully saturated rings. The maximum atomic E-state index is 13.3. The quantitative estimate of drug-likeness (QED) is 0.577. The minimum absolute atomic E-state index is 0.0644. The molecule has 3 aromatic carbocycles. The molecular weight excluding hydrogens is 452 g/mol. The molecule has 2 heterocycles. The lowest BCUT2D eigenvalue weighted by atomic mass is 10.1. The Kier molecular flexibility index (Phi) is 6.31. The molecule has 0 spiro atoms. The Morgan fingerprint density at radius 1 is 1.06 bits per heavy atom. The Hall–Kier alpha value is -3.65. The molecule has 0 unspecified atom stereocenters. The van der Waals surface area contributed by atoms with Crippen LogP contribution in [-0.4, -0.2) is 38.7 Å². The van der Waals surface area contributed by atoms with Crippen molar-refractivity contribution >= 4 is 35.0 Å². The van der Waals surface area contributed by atoms with E-state index in [-0.39, 0.29) is 30.0 Å². The summed E-state index contributed by atoms with van der Waals surface area (Å²) in [6.45, 7) is 0.890. The topological polar surface area (TPSA) is 77.1 Å². The Morgan fingerprint density at radius 2 is 1.82 bits per heavy atom. The Bertz CT molecular complexity index is 1210. The first-order chi connectivity index (χ1) is 16.6. The van der Waals surface area contributed by atoms with Crippen LogP contribution in [0.3, 0.4) is 0 Å². The Morgan fingerprint density at radius 3 is 2.62 bits per heavy atom. The van der Waals surface area contributed by atoms with E-state index in [2.05, 4.69) is 5.32 Å². The summed E-state index contributed by atoms with van der Waals surface area (Å²) in [5.74, 6) is 1.64. The number of hydrogen-bond donors (Lipinski definition) is 1. The van der Waals surface area contributed by atoms with Gasteiger partial charge in [-0.1, -0.05) is 24.3 Å². The summed E-state index contributed by atoms with van der Waals surface area (Å²) < 4.78 is 16.4. The SMILES string of the molecule is COc1ccc([C@@H]2CC(=O)N(CC(=O)Nc3ccc4c(c3)OCCO4)c3ccccc3S2)cc1. The van der Waals surface area contributed by atoms with E-state index in [0.29, 0.717) is 30.4 Å². The lowest BCUT2D eigenvalue weighted by molar-refractivity contribution is -0.121. The number of fused-ring (bicyclic) bond motifs is 2. The third-order valence-electron chi connectivity index (χ3n) is 5.70. The van der Waals surface area contributed by atoms with Gasteiger partial charge in [-0.15, -0.1) is 11.8 Å². The lowest BCUT2D eigenvalue weighted by Gasteiger charge is -2.22. The number of para-hydroxylation sites is 1. The normalized spacial score (nSPS) is 16.9. The van der Waals surface area contributed by atoms with Gasteiger partial charge in [-0.05, 0) is 42.0 Å². The molecule has 1 N–H and O–H groups in total. The van der Waals surface area contributed by atoms with E-state index in [1.54, 1.807) is 42.0 Å². The molecule has 2 amide bonds. The number of thioether (sulfide) groups is 1. The van der Waals surface area contributed by atoms with Crippen molar-refractivity contribution in [3.05, 3.63) is 72.3 Å². The summed E-state index contributed by atoms with van der Waals surface area (Å²) in [6, 6.07) is 20.7.